The fourth-order valence-electron chi connectivity index (χ4n) is 1.64. The smallest absolute Gasteiger partial charge is 0.119 e. The first-order valence-electron chi connectivity index (χ1n) is 6.92. The van der Waals surface area contributed by atoms with Crippen LogP contribution in [0.15, 0.2) is 24.3 Å². The summed E-state index contributed by atoms with van der Waals surface area (Å²) in [7, 11) is 0. The first-order valence-corrected chi connectivity index (χ1v) is 6.92. The SMILES string of the molecule is CCCOc1ccc(OCCCCCCN)cc1. The summed E-state index contributed by atoms with van der Waals surface area (Å²) >= 11 is 0. The van der Waals surface area contributed by atoms with Gasteiger partial charge in [-0.1, -0.05) is 19.8 Å². The molecule has 0 amide bonds. The van der Waals surface area contributed by atoms with Crippen molar-refractivity contribution in [1.82, 2.24) is 0 Å². The van der Waals surface area contributed by atoms with E-state index in [0.29, 0.717) is 0 Å². The minimum Gasteiger partial charge on any atom is -0.494 e. The average molecular weight is 251 g/mol. The van der Waals surface area contributed by atoms with Crippen LogP contribution in [-0.4, -0.2) is 19.8 Å². The van der Waals surface area contributed by atoms with Gasteiger partial charge in [-0.15, -0.1) is 0 Å². The van der Waals surface area contributed by atoms with Gasteiger partial charge in [0.15, 0.2) is 0 Å². The molecule has 0 aliphatic carbocycles. The molecule has 0 bridgehead atoms. The fraction of sp³-hybridized carbons (Fsp3) is 0.600. The number of benzene rings is 1. The quantitative estimate of drug-likeness (QED) is 0.648. The summed E-state index contributed by atoms with van der Waals surface area (Å²) in [5.74, 6) is 1.82. The number of nitrogens with two attached hydrogens (primary N) is 1. The maximum absolute atomic E-state index is 5.66. The number of ether oxygens (including phenoxy) is 2. The van der Waals surface area contributed by atoms with Gasteiger partial charge in [-0.3, -0.25) is 0 Å². The number of hydrogen-bond donors (Lipinski definition) is 1. The van der Waals surface area contributed by atoms with E-state index in [9.17, 15) is 0 Å². The van der Waals surface area contributed by atoms with E-state index in [1.54, 1.807) is 0 Å². The van der Waals surface area contributed by atoms with Crippen LogP contribution < -0.4 is 15.2 Å². The Hall–Kier alpha value is -1.22. The average Bonchev–Trinajstić information content (AvgIpc) is 2.42. The maximum Gasteiger partial charge on any atom is 0.119 e. The molecule has 0 saturated heterocycles. The highest BCUT2D eigenvalue weighted by atomic mass is 16.5. The number of unbranched alkanes of at least 4 members (excludes halogenated alkanes) is 3. The minimum atomic E-state index is 0.765. The molecule has 1 rings (SSSR count). The highest BCUT2D eigenvalue weighted by Crippen LogP contribution is 2.18. The predicted molar refractivity (Wildman–Crippen MR) is 75.2 cm³/mol. The fourth-order valence-corrected chi connectivity index (χ4v) is 1.64. The van der Waals surface area contributed by atoms with Crippen LogP contribution in [0.3, 0.4) is 0 Å². The molecule has 0 spiro atoms. The molecule has 0 unspecified atom stereocenters. The minimum absolute atomic E-state index is 0.765. The normalized spacial score (nSPS) is 10.3. The van der Waals surface area contributed by atoms with E-state index >= 15 is 0 Å². The van der Waals surface area contributed by atoms with Crippen molar-refractivity contribution in [2.75, 3.05) is 19.8 Å². The molecule has 102 valence electrons. The third kappa shape index (κ3) is 6.50. The Morgan fingerprint density at radius 3 is 1.94 bits per heavy atom. The van der Waals surface area contributed by atoms with Gasteiger partial charge >= 0.3 is 0 Å². The van der Waals surface area contributed by atoms with Crippen molar-refractivity contribution in [2.24, 2.45) is 5.73 Å². The molecule has 1 aromatic rings. The Morgan fingerprint density at radius 1 is 0.833 bits per heavy atom. The lowest BCUT2D eigenvalue weighted by atomic mass is 10.2. The molecule has 0 aliphatic rings. The van der Waals surface area contributed by atoms with Gasteiger partial charge < -0.3 is 15.2 Å². The van der Waals surface area contributed by atoms with E-state index < -0.39 is 0 Å². The molecule has 0 aromatic heterocycles. The van der Waals surface area contributed by atoms with E-state index in [1.165, 1.54) is 12.8 Å². The predicted octanol–water partition coefficient (Wildman–Crippen LogP) is 3.37. The van der Waals surface area contributed by atoms with Crippen LogP contribution >= 0.6 is 0 Å². The summed E-state index contributed by atoms with van der Waals surface area (Å²) in [5, 5.41) is 0. The molecule has 0 atom stereocenters. The summed E-state index contributed by atoms with van der Waals surface area (Å²) in [6.07, 6.45) is 5.62. The molecular weight excluding hydrogens is 226 g/mol. The molecule has 0 radical (unpaired) electrons. The Labute approximate surface area is 110 Å². The highest BCUT2D eigenvalue weighted by molar-refractivity contribution is 5.31. The molecule has 0 fully saturated rings. The van der Waals surface area contributed by atoms with Crippen LogP contribution in [0.4, 0.5) is 0 Å². The summed E-state index contributed by atoms with van der Waals surface area (Å²) < 4.78 is 11.2. The zero-order valence-corrected chi connectivity index (χ0v) is 11.4. The highest BCUT2D eigenvalue weighted by Gasteiger charge is 1.96. The topological polar surface area (TPSA) is 44.5 Å². The second-order valence-corrected chi connectivity index (χ2v) is 4.37. The van der Waals surface area contributed by atoms with Crippen molar-refractivity contribution in [2.45, 2.75) is 39.0 Å². The van der Waals surface area contributed by atoms with Gasteiger partial charge in [0.1, 0.15) is 11.5 Å². The third-order valence-electron chi connectivity index (χ3n) is 2.66. The van der Waals surface area contributed by atoms with Gasteiger partial charge in [0.25, 0.3) is 0 Å². The molecule has 3 nitrogen and oxygen atoms in total. The van der Waals surface area contributed by atoms with Gasteiger partial charge in [0, 0.05) is 0 Å². The third-order valence-corrected chi connectivity index (χ3v) is 2.66. The van der Waals surface area contributed by atoms with E-state index in [1.807, 2.05) is 24.3 Å². The van der Waals surface area contributed by atoms with Crippen LogP contribution in [-0.2, 0) is 0 Å². The zero-order valence-electron chi connectivity index (χ0n) is 11.4. The molecular formula is C15H25NO2. The standard InChI is InChI=1S/C15H25NO2/c1-2-12-17-14-7-9-15(10-8-14)18-13-6-4-3-5-11-16/h7-10H,2-6,11-13,16H2,1H3. The first-order chi connectivity index (χ1) is 8.86. The lowest BCUT2D eigenvalue weighted by Gasteiger charge is -2.08. The first kappa shape index (κ1) is 14.8. The molecule has 18 heavy (non-hydrogen) atoms. The Kier molecular flexibility index (Phi) is 8.06. The van der Waals surface area contributed by atoms with Crippen LogP contribution in [0.2, 0.25) is 0 Å². The second kappa shape index (κ2) is 9.77. The Morgan fingerprint density at radius 2 is 1.39 bits per heavy atom. The maximum atomic E-state index is 5.66. The van der Waals surface area contributed by atoms with Crippen LogP contribution in [0.5, 0.6) is 11.5 Å². The summed E-state index contributed by atoms with van der Waals surface area (Å²) in [5.41, 5.74) is 5.44. The molecule has 0 heterocycles. The largest absolute Gasteiger partial charge is 0.494 e. The zero-order chi connectivity index (χ0) is 13.1. The summed E-state index contributed by atoms with van der Waals surface area (Å²) in [6, 6.07) is 7.84. The van der Waals surface area contributed by atoms with E-state index in [2.05, 4.69) is 6.92 Å². The Balaban J connectivity index is 2.14. The lowest BCUT2D eigenvalue weighted by Crippen LogP contribution is -2.00. The van der Waals surface area contributed by atoms with Crippen molar-refractivity contribution < 1.29 is 9.47 Å². The van der Waals surface area contributed by atoms with Gasteiger partial charge in [0.05, 0.1) is 13.2 Å². The lowest BCUT2D eigenvalue weighted by molar-refractivity contribution is 0.300. The molecule has 1 aromatic carbocycles. The second-order valence-electron chi connectivity index (χ2n) is 4.37. The molecule has 2 N–H and O–H groups in total. The molecule has 0 aliphatic heterocycles. The Bertz CT molecular complexity index is 298. The van der Waals surface area contributed by atoms with Crippen molar-refractivity contribution in [3.05, 3.63) is 24.3 Å². The van der Waals surface area contributed by atoms with Gasteiger partial charge in [-0.25, -0.2) is 0 Å². The number of hydrogen-bond acceptors (Lipinski definition) is 3. The summed E-state index contributed by atoms with van der Waals surface area (Å²) in [4.78, 5) is 0. The van der Waals surface area contributed by atoms with Crippen molar-refractivity contribution in [1.29, 1.82) is 0 Å². The van der Waals surface area contributed by atoms with Crippen LogP contribution in [0, 0.1) is 0 Å². The van der Waals surface area contributed by atoms with Crippen molar-refractivity contribution >= 4 is 0 Å². The van der Waals surface area contributed by atoms with Crippen molar-refractivity contribution in [3.8, 4) is 11.5 Å². The van der Waals surface area contributed by atoms with Gasteiger partial charge in [-0.2, -0.15) is 0 Å². The van der Waals surface area contributed by atoms with E-state index in [4.69, 9.17) is 15.2 Å². The van der Waals surface area contributed by atoms with Gasteiger partial charge in [-0.05, 0) is 50.1 Å². The van der Waals surface area contributed by atoms with E-state index in [0.717, 1.165) is 50.5 Å². The van der Waals surface area contributed by atoms with Crippen LogP contribution in [0.25, 0.3) is 0 Å². The molecule has 3 heteroatoms. The van der Waals surface area contributed by atoms with Crippen molar-refractivity contribution in [3.63, 3.8) is 0 Å². The van der Waals surface area contributed by atoms with E-state index in [-0.39, 0.29) is 0 Å². The monoisotopic (exact) mass is 251 g/mol. The summed E-state index contributed by atoms with van der Waals surface area (Å²) in [6.45, 7) is 4.43. The van der Waals surface area contributed by atoms with Crippen LogP contribution in [0.1, 0.15) is 39.0 Å². The molecule has 0 saturated carbocycles. The van der Waals surface area contributed by atoms with Gasteiger partial charge in [0.2, 0.25) is 0 Å². The number of rotatable bonds is 10.